The van der Waals surface area contributed by atoms with Crippen LogP contribution in [0.2, 0.25) is 0 Å². The summed E-state index contributed by atoms with van der Waals surface area (Å²) < 4.78 is 0. The SMILES string of the molecule is O=C(C1CCN(c2ccccc2[N+](=O)[O-])CC1)N(Cc1ccncc1)C1CC1. The topological polar surface area (TPSA) is 79.6 Å². The molecule has 0 radical (unpaired) electrons. The molecule has 2 fully saturated rings. The molecular weight excluding hydrogens is 356 g/mol. The number of carbonyl (C=O) groups excluding carboxylic acids is 1. The third-order valence-electron chi connectivity index (χ3n) is 5.64. The Morgan fingerprint density at radius 3 is 2.43 bits per heavy atom. The highest BCUT2D eigenvalue weighted by Gasteiger charge is 2.37. The highest BCUT2D eigenvalue weighted by Crippen LogP contribution is 2.34. The van der Waals surface area contributed by atoms with Gasteiger partial charge in [0.1, 0.15) is 5.69 Å². The molecule has 7 nitrogen and oxygen atoms in total. The van der Waals surface area contributed by atoms with E-state index in [0.717, 1.165) is 31.2 Å². The summed E-state index contributed by atoms with van der Waals surface area (Å²) >= 11 is 0. The number of benzene rings is 1. The Bertz CT molecular complexity index is 846. The number of anilines is 1. The molecule has 0 bridgehead atoms. The molecule has 1 amide bonds. The molecule has 4 rings (SSSR count). The normalized spacial score (nSPS) is 17.4. The van der Waals surface area contributed by atoms with Crippen molar-refractivity contribution >= 4 is 17.3 Å². The van der Waals surface area contributed by atoms with E-state index in [1.165, 1.54) is 6.07 Å². The monoisotopic (exact) mass is 380 g/mol. The number of hydrogen-bond acceptors (Lipinski definition) is 5. The van der Waals surface area contributed by atoms with Crippen LogP contribution in [0.5, 0.6) is 0 Å². The first-order valence-electron chi connectivity index (χ1n) is 9.81. The van der Waals surface area contributed by atoms with Crippen molar-refractivity contribution in [3.05, 3.63) is 64.5 Å². The third kappa shape index (κ3) is 3.98. The fraction of sp³-hybridized carbons (Fsp3) is 0.429. The molecule has 1 saturated carbocycles. The molecule has 1 aliphatic heterocycles. The van der Waals surface area contributed by atoms with Crippen molar-refractivity contribution in [2.75, 3.05) is 18.0 Å². The van der Waals surface area contributed by atoms with Crippen LogP contribution >= 0.6 is 0 Å². The van der Waals surface area contributed by atoms with Crippen molar-refractivity contribution in [2.24, 2.45) is 5.92 Å². The molecule has 1 aromatic heterocycles. The van der Waals surface area contributed by atoms with Crippen molar-refractivity contribution in [3.8, 4) is 0 Å². The lowest BCUT2D eigenvalue weighted by Gasteiger charge is -2.35. The number of amides is 1. The lowest BCUT2D eigenvalue weighted by molar-refractivity contribution is -0.384. The minimum Gasteiger partial charge on any atom is -0.366 e. The number of para-hydroxylation sites is 2. The van der Waals surface area contributed by atoms with Gasteiger partial charge in [-0.05, 0) is 49.4 Å². The Hall–Kier alpha value is -2.96. The Kier molecular flexibility index (Phi) is 5.23. The molecule has 0 atom stereocenters. The summed E-state index contributed by atoms with van der Waals surface area (Å²) in [4.78, 5) is 32.3. The van der Waals surface area contributed by atoms with Gasteiger partial charge in [-0.3, -0.25) is 19.9 Å². The van der Waals surface area contributed by atoms with Gasteiger partial charge in [0, 0.05) is 50.1 Å². The van der Waals surface area contributed by atoms with Gasteiger partial charge in [0.2, 0.25) is 5.91 Å². The summed E-state index contributed by atoms with van der Waals surface area (Å²) in [5, 5.41) is 11.3. The zero-order valence-electron chi connectivity index (χ0n) is 15.7. The van der Waals surface area contributed by atoms with E-state index in [-0.39, 0.29) is 22.4 Å². The minimum atomic E-state index is -0.337. The highest BCUT2D eigenvalue weighted by molar-refractivity contribution is 5.80. The molecular formula is C21H24N4O3. The van der Waals surface area contributed by atoms with Gasteiger partial charge in [-0.15, -0.1) is 0 Å². The van der Waals surface area contributed by atoms with Crippen LogP contribution in [0, 0.1) is 16.0 Å². The van der Waals surface area contributed by atoms with Crippen molar-refractivity contribution in [1.82, 2.24) is 9.88 Å². The average molecular weight is 380 g/mol. The molecule has 7 heteroatoms. The summed E-state index contributed by atoms with van der Waals surface area (Å²) in [7, 11) is 0. The van der Waals surface area contributed by atoms with Crippen molar-refractivity contribution in [3.63, 3.8) is 0 Å². The first-order valence-corrected chi connectivity index (χ1v) is 9.81. The van der Waals surface area contributed by atoms with Gasteiger partial charge in [0.25, 0.3) is 5.69 Å². The molecule has 1 aliphatic carbocycles. The maximum Gasteiger partial charge on any atom is 0.292 e. The second-order valence-electron chi connectivity index (χ2n) is 7.56. The maximum absolute atomic E-state index is 13.2. The van der Waals surface area contributed by atoms with E-state index in [2.05, 4.69) is 4.98 Å². The lowest BCUT2D eigenvalue weighted by atomic mass is 9.94. The average Bonchev–Trinajstić information content (AvgIpc) is 3.57. The molecule has 0 spiro atoms. The van der Waals surface area contributed by atoms with Crippen LogP contribution in [0.3, 0.4) is 0 Å². The molecule has 0 N–H and O–H groups in total. The van der Waals surface area contributed by atoms with Gasteiger partial charge < -0.3 is 9.80 Å². The third-order valence-corrected chi connectivity index (χ3v) is 5.64. The Balaban J connectivity index is 1.41. The van der Waals surface area contributed by atoms with Gasteiger partial charge in [-0.1, -0.05) is 12.1 Å². The standard InChI is InChI=1S/C21H24N4O3/c26-21(24(18-5-6-18)15-16-7-11-22-12-8-16)17-9-13-23(14-10-17)19-3-1-2-4-20(19)25(27)28/h1-4,7-8,11-12,17-18H,5-6,9-10,13-15H2. The fourth-order valence-corrected chi connectivity index (χ4v) is 3.95. The number of nitro benzene ring substituents is 1. The number of piperidine rings is 1. The zero-order chi connectivity index (χ0) is 19.5. The minimum absolute atomic E-state index is 0.0125. The number of hydrogen-bond donors (Lipinski definition) is 0. The van der Waals surface area contributed by atoms with Crippen molar-refractivity contribution < 1.29 is 9.72 Å². The Labute approximate surface area is 164 Å². The van der Waals surface area contributed by atoms with E-state index in [1.807, 2.05) is 28.0 Å². The maximum atomic E-state index is 13.2. The van der Waals surface area contributed by atoms with Crippen molar-refractivity contribution in [2.45, 2.75) is 38.3 Å². The summed E-state index contributed by atoms with van der Waals surface area (Å²) in [6.07, 6.45) is 7.12. The van der Waals surface area contributed by atoms with Crippen molar-refractivity contribution in [1.29, 1.82) is 0 Å². The van der Waals surface area contributed by atoms with Crippen LogP contribution < -0.4 is 4.90 Å². The van der Waals surface area contributed by atoms with Crippen LogP contribution in [0.25, 0.3) is 0 Å². The molecule has 1 aromatic carbocycles. The van der Waals surface area contributed by atoms with Gasteiger partial charge >= 0.3 is 0 Å². The van der Waals surface area contributed by atoms with E-state index in [1.54, 1.807) is 24.5 Å². The zero-order valence-corrected chi connectivity index (χ0v) is 15.7. The van der Waals surface area contributed by atoms with Crippen LogP contribution in [0.4, 0.5) is 11.4 Å². The van der Waals surface area contributed by atoms with Gasteiger partial charge in [0.05, 0.1) is 4.92 Å². The summed E-state index contributed by atoms with van der Waals surface area (Å²) in [6.45, 7) is 1.96. The Morgan fingerprint density at radius 2 is 1.79 bits per heavy atom. The van der Waals surface area contributed by atoms with Crippen LogP contribution in [0.15, 0.2) is 48.8 Å². The van der Waals surface area contributed by atoms with E-state index in [9.17, 15) is 14.9 Å². The van der Waals surface area contributed by atoms with Gasteiger partial charge in [0.15, 0.2) is 0 Å². The predicted octanol–water partition coefficient (Wildman–Crippen LogP) is 3.40. The molecule has 0 unspecified atom stereocenters. The van der Waals surface area contributed by atoms with E-state index < -0.39 is 0 Å². The van der Waals surface area contributed by atoms with Gasteiger partial charge in [-0.2, -0.15) is 0 Å². The van der Waals surface area contributed by atoms with Gasteiger partial charge in [-0.25, -0.2) is 0 Å². The first-order chi connectivity index (χ1) is 13.6. The van der Waals surface area contributed by atoms with Crippen LogP contribution in [-0.2, 0) is 11.3 Å². The number of nitrogens with zero attached hydrogens (tertiary/aromatic N) is 4. The number of aromatic nitrogens is 1. The second kappa shape index (κ2) is 7.96. The largest absolute Gasteiger partial charge is 0.366 e. The summed E-state index contributed by atoms with van der Waals surface area (Å²) in [5.74, 6) is 0.211. The Morgan fingerprint density at radius 1 is 1.11 bits per heavy atom. The molecule has 146 valence electrons. The number of carbonyl (C=O) groups is 1. The second-order valence-corrected chi connectivity index (χ2v) is 7.56. The van der Waals surface area contributed by atoms with Crippen LogP contribution in [-0.4, -0.2) is 39.8 Å². The number of nitro groups is 1. The summed E-state index contributed by atoms with van der Waals surface area (Å²) in [6, 6.07) is 11.1. The number of rotatable bonds is 6. The quantitative estimate of drug-likeness (QED) is 0.567. The molecule has 2 aromatic rings. The number of pyridine rings is 1. The lowest BCUT2D eigenvalue weighted by Crippen LogP contribution is -2.43. The smallest absolute Gasteiger partial charge is 0.292 e. The van der Waals surface area contributed by atoms with E-state index >= 15 is 0 Å². The molecule has 2 aliphatic rings. The predicted molar refractivity (Wildman–Crippen MR) is 106 cm³/mol. The molecule has 2 heterocycles. The summed E-state index contributed by atoms with van der Waals surface area (Å²) in [5.41, 5.74) is 1.88. The molecule has 28 heavy (non-hydrogen) atoms. The van der Waals surface area contributed by atoms with E-state index in [0.29, 0.717) is 31.4 Å². The van der Waals surface area contributed by atoms with Crippen LogP contribution in [0.1, 0.15) is 31.2 Å². The fourth-order valence-electron chi connectivity index (χ4n) is 3.95. The first kappa shape index (κ1) is 18.4. The molecule has 1 saturated heterocycles. The highest BCUT2D eigenvalue weighted by atomic mass is 16.6. The van der Waals surface area contributed by atoms with E-state index in [4.69, 9.17) is 0 Å².